The molecule has 7 heteroatoms. The van der Waals surface area contributed by atoms with Crippen LogP contribution in [0.15, 0.2) is 30.0 Å². The van der Waals surface area contributed by atoms with Gasteiger partial charge in [-0.3, -0.25) is 0 Å². The summed E-state index contributed by atoms with van der Waals surface area (Å²) < 4.78 is 38.0. The number of alkyl halides is 3. The average Bonchev–Trinajstić information content (AvgIpc) is 2.30. The number of halogens is 4. The molecule has 0 aliphatic carbocycles. The molecule has 1 aromatic carbocycles. The summed E-state index contributed by atoms with van der Waals surface area (Å²) in [4.78, 5) is 0. The number of allylic oxidation sites excluding steroid dienone is 1. The Hall–Kier alpha value is -2.18. The van der Waals surface area contributed by atoms with Crippen LogP contribution in [0.2, 0.25) is 5.02 Å². The van der Waals surface area contributed by atoms with Crippen molar-refractivity contribution in [3.8, 4) is 12.1 Å². The first-order chi connectivity index (χ1) is 8.38. The Morgan fingerprint density at radius 3 is 2.39 bits per heavy atom. The third-order valence-electron chi connectivity index (χ3n) is 1.90. The van der Waals surface area contributed by atoms with E-state index in [-0.39, 0.29) is 16.3 Å². The number of nitrogens with zero attached hydrogens (tertiary/aromatic N) is 2. The van der Waals surface area contributed by atoms with Gasteiger partial charge in [-0.15, -0.1) is 0 Å². The van der Waals surface area contributed by atoms with Crippen molar-refractivity contribution in [3.05, 3.63) is 40.6 Å². The lowest BCUT2D eigenvalue weighted by Gasteiger charge is -2.12. The molecule has 1 aromatic rings. The van der Waals surface area contributed by atoms with Crippen LogP contribution >= 0.6 is 11.6 Å². The maximum atomic E-state index is 12.7. The molecular weight excluding hydrogens is 267 g/mol. The van der Waals surface area contributed by atoms with Gasteiger partial charge < -0.3 is 5.32 Å². The van der Waals surface area contributed by atoms with E-state index in [0.717, 1.165) is 18.3 Å². The molecule has 0 spiro atoms. The van der Waals surface area contributed by atoms with Crippen LogP contribution in [0.4, 0.5) is 18.9 Å². The molecule has 18 heavy (non-hydrogen) atoms. The first-order valence-electron chi connectivity index (χ1n) is 4.52. The summed E-state index contributed by atoms with van der Waals surface area (Å²) in [6.07, 6.45) is -3.68. The number of benzene rings is 1. The smallest absolute Gasteiger partial charge is 0.359 e. The molecule has 0 saturated heterocycles. The monoisotopic (exact) mass is 271 g/mol. The number of anilines is 1. The normalized spacial score (nSPS) is 10.1. The standard InChI is InChI=1S/C11H5ClF3N3/c12-8-1-2-10(9(3-8)11(13,14)15)18-6-7(4-16)5-17/h1-3,6,18H. The van der Waals surface area contributed by atoms with Crippen molar-refractivity contribution in [1.82, 2.24) is 0 Å². The van der Waals surface area contributed by atoms with E-state index in [1.807, 2.05) is 0 Å². The largest absolute Gasteiger partial charge is 0.418 e. The maximum Gasteiger partial charge on any atom is 0.418 e. The summed E-state index contributed by atoms with van der Waals surface area (Å²) in [5.74, 6) is 0. The summed E-state index contributed by atoms with van der Waals surface area (Å²) in [5, 5.41) is 19.1. The molecule has 0 radical (unpaired) electrons. The van der Waals surface area contributed by atoms with Crippen molar-refractivity contribution in [2.24, 2.45) is 0 Å². The van der Waals surface area contributed by atoms with Gasteiger partial charge in [-0.2, -0.15) is 23.7 Å². The molecule has 1 N–H and O–H groups in total. The fourth-order valence-electron chi connectivity index (χ4n) is 1.12. The van der Waals surface area contributed by atoms with E-state index in [1.54, 1.807) is 0 Å². The Balaban J connectivity index is 3.16. The van der Waals surface area contributed by atoms with Crippen LogP contribution in [0.5, 0.6) is 0 Å². The highest BCUT2D eigenvalue weighted by Crippen LogP contribution is 2.36. The second kappa shape index (κ2) is 5.44. The van der Waals surface area contributed by atoms with E-state index in [2.05, 4.69) is 5.32 Å². The van der Waals surface area contributed by atoms with E-state index in [0.29, 0.717) is 0 Å². The van der Waals surface area contributed by atoms with Crippen molar-refractivity contribution >= 4 is 17.3 Å². The van der Waals surface area contributed by atoms with E-state index >= 15 is 0 Å². The van der Waals surface area contributed by atoms with E-state index in [4.69, 9.17) is 22.1 Å². The van der Waals surface area contributed by atoms with Crippen LogP contribution < -0.4 is 5.32 Å². The molecule has 0 heterocycles. The molecule has 0 bridgehead atoms. The molecule has 0 aromatic heterocycles. The highest BCUT2D eigenvalue weighted by molar-refractivity contribution is 6.30. The molecule has 0 atom stereocenters. The average molecular weight is 272 g/mol. The quantitative estimate of drug-likeness (QED) is 0.834. The minimum absolute atomic E-state index is 0.0577. The molecule has 0 amide bonds. The molecule has 0 aliphatic rings. The third kappa shape index (κ3) is 3.41. The number of hydrogen-bond acceptors (Lipinski definition) is 3. The summed E-state index contributed by atoms with van der Waals surface area (Å²) >= 11 is 5.49. The van der Waals surface area contributed by atoms with Crippen molar-refractivity contribution in [3.63, 3.8) is 0 Å². The Kier molecular flexibility index (Phi) is 4.19. The van der Waals surface area contributed by atoms with Crippen LogP contribution in [0.1, 0.15) is 5.56 Å². The van der Waals surface area contributed by atoms with Gasteiger partial charge in [-0.1, -0.05) is 11.6 Å². The number of nitrogens with one attached hydrogen (secondary N) is 1. The highest BCUT2D eigenvalue weighted by Gasteiger charge is 2.33. The number of rotatable bonds is 2. The van der Waals surface area contributed by atoms with Crippen LogP contribution in [0, 0.1) is 22.7 Å². The van der Waals surface area contributed by atoms with Gasteiger partial charge >= 0.3 is 6.18 Å². The zero-order chi connectivity index (χ0) is 13.8. The van der Waals surface area contributed by atoms with Crippen molar-refractivity contribution in [2.45, 2.75) is 6.18 Å². The van der Waals surface area contributed by atoms with Crippen molar-refractivity contribution < 1.29 is 13.2 Å². The first kappa shape index (κ1) is 13.9. The Labute approximate surface area is 106 Å². The summed E-state index contributed by atoms with van der Waals surface area (Å²) in [5.41, 5.74) is -1.59. The molecular formula is C11H5ClF3N3. The van der Waals surface area contributed by atoms with Crippen molar-refractivity contribution in [1.29, 1.82) is 10.5 Å². The molecule has 0 aliphatic heterocycles. The highest BCUT2D eigenvalue weighted by atomic mass is 35.5. The predicted molar refractivity (Wildman–Crippen MR) is 59.4 cm³/mol. The predicted octanol–water partition coefficient (Wildman–Crippen LogP) is 3.70. The SMILES string of the molecule is N#CC(C#N)=CNc1ccc(Cl)cc1C(F)(F)F. The van der Waals surface area contributed by atoms with Crippen LogP contribution in [-0.4, -0.2) is 0 Å². The third-order valence-corrected chi connectivity index (χ3v) is 2.14. The van der Waals surface area contributed by atoms with Gasteiger partial charge in [0.15, 0.2) is 0 Å². The zero-order valence-corrected chi connectivity index (χ0v) is 9.47. The van der Waals surface area contributed by atoms with Crippen molar-refractivity contribution in [2.75, 3.05) is 5.32 Å². The Bertz CT molecular complexity index is 548. The molecule has 0 unspecified atom stereocenters. The van der Waals surface area contributed by atoms with E-state index in [9.17, 15) is 13.2 Å². The van der Waals surface area contributed by atoms with Gasteiger partial charge in [-0.05, 0) is 18.2 Å². The summed E-state index contributed by atoms with van der Waals surface area (Å²) in [6.45, 7) is 0. The van der Waals surface area contributed by atoms with Gasteiger partial charge in [0, 0.05) is 11.2 Å². The maximum absolute atomic E-state index is 12.7. The second-order valence-corrected chi connectivity index (χ2v) is 3.55. The lowest BCUT2D eigenvalue weighted by atomic mass is 10.1. The summed E-state index contributed by atoms with van der Waals surface area (Å²) in [6, 6.07) is 6.19. The number of nitriles is 2. The zero-order valence-electron chi connectivity index (χ0n) is 8.72. The molecule has 1 rings (SSSR count). The molecule has 0 fully saturated rings. The fourth-order valence-corrected chi connectivity index (χ4v) is 1.29. The lowest BCUT2D eigenvalue weighted by molar-refractivity contribution is -0.136. The molecule has 0 saturated carbocycles. The van der Waals surface area contributed by atoms with Gasteiger partial charge in [0.25, 0.3) is 0 Å². The van der Waals surface area contributed by atoms with Crippen LogP contribution in [-0.2, 0) is 6.18 Å². The van der Waals surface area contributed by atoms with Gasteiger partial charge in [0.1, 0.15) is 17.7 Å². The van der Waals surface area contributed by atoms with E-state index in [1.165, 1.54) is 18.2 Å². The van der Waals surface area contributed by atoms with Gasteiger partial charge in [0.05, 0.1) is 11.3 Å². The molecule has 92 valence electrons. The minimum atomic E-state index is -4.58. The fraction of sp³-hybridized carbons (Fsp3) is 0.0909. The molecule has 3 nitrogen and oxygen atoms in total. The minimum Gasteiger partial charge on any atom is -0.359 e. The van der Waals surface area contributed by atoms with Gasteiger partial charge in [0.2, 0.25) is 0 Å². The first-order valence-corrected chi connectivity index (χ1v) is 4.90. The van der Waals surface area contributed by atoms with Crippen LogP contribution in [0.25, 0.3) is 0 Å². The summed E-state index contributed by atoms with van der Waals surface area (Å²) in [7, 11) is 0. The Morgan fingerprint density at radius 1 is 1.28 bits per heavy atom. The second-order valence-electron chi connectivity index (χ2n) is 3.11. The van der Waals surface area contributed by atoms with Gasteiger partial charge in [-0.25, -0.2) is 0 Å². The topological polar surface area (TPSA) is 59.6 Å². The van der Waals surface area contributed by atoms with Crippen LogP contribution in [0.3, 0.4) is 0 Å². The Morgan fingerprint density at radius 2 is 1.89 bits per heavy atom. The lowest BCUT2D eigenvalue weighted by Crippen LogP contribution is -2.08. The number of hydrogen-bond donors (Lipinski definition) is 1. The van der Waals surface area contributed by atoms with E-state index < -0.39 is 11.7 Å².